The molecule has 0 saturated carbocycles. The van der Waals surface area contributed by atoms with Gasteiger partial charge in [-0.1, -0.05) is 31.2 Å². The number of amides is 3. The molecule has 0 saturated heterocycles. The van der Waals surface area contributed by atoms with Gasteiger partial charge in [0.2, 0.25) is 5.91 Å². The van der Waals surface area contributed by atoms with E-state index in [1.54, 1.807) is 31.6 Å². The standard InChI is InChI=1S/C29H38N6O5/c1-4-27(36)31-25(19-34(16-12-28(37)38)14-7-15-35-17-13-30-20-35)22-10-11-24(26(18-22)40-3)33-29(39)32-23-9-6-5-8-21(23)2/h5-6,8-11,13,17-18,20,25H,4,7,12,14-16,19H2,1-3H3,(H,31,36)(H,37,38)(H2,32,33,39). The number of methoxy groups -OCH3 is 1. The zero-order valence-electron chi connectivity index (χ0n) is 23.2. The molecular weight excluding hydrogens is 512 g/mol. The summed E-state index contributed by atoms with van der Waals surface area (Å²) in [6.07, 6.45) is 6.43. The van der Waals surface area contributed by atoms with Crippen LogP contribution >= 0.6 is 0 Å². The predicted octanol–water partition coefficient (Wildman–Crippen LogP) is 4.28. The third-order valence-electron chi connectivity index (χ3n) is 6.46. The van der Waals surface area contributed by atoms with Crippen LogP contribution in [-0.4, -0.2) is 64.2 Å². The van der Waals surface area contributed by atoms with Gasteiger partial charge in [0.1, 0.15) is 5.75 Å². The Morgan fingerprint density at radius 2 is 1.88 bits per heavy atom. The van der Waals surface area contributed by atoms with E-state index in [4.69, 9.17) is 4.74 Å². The maximum Gasteiger partial charge on any atom is 0.323 e. The lowest BCUT2D eigenvalue weighted by molar-refractivity contribution is -0.137. The average Bonchev–Trinajstić information content (AvgIpc) is 3.46. The number of carboxylic acids is 1. The Kier molecular flexibility index (Phi) is 11.5. The molecule has 4 N–H and O–H groups in total. The topological polar surface area (TPSA) is 138 Å². The molecule has 11 heteroatoms. The van der Waals surface area contributed by atoms with Crippen molar-refractivity contribution >= 4 is 29.3 Å². The van der Waals surface area contributed by atoms with E-state index in [1.807, 2.05) is 52.9 Å². The number of rotatable bonds is 15. The minimum atomic E-state index is -0.880. The highest BCUT2D eigenvalue weighted by Gasteiger charge is 2.21. The number of ether oxygens (including phenoxy) is 1. The van der Waals surface area contributed by atoms with Gasteiger partial charge in [-0.15, -0.1) is 0 Å². The summed E-state index contributed by atoms with van der Waals surface area (Å²) in [6.45, 7) is 5.82. The Morgan fingerprint density at radius 3 is 2.55 bits per heavy atom. The molecule has 214 valence electrons. The van der Waals surface area contributed by atoms with Gasteiger partial charge in [0, 0.05) is 44.1 Å². The zero-order valence-corrected chi connectivity index (χ0v) is 23.2. The molecule has 0 spiro atoms. The van der Waals surface area contributed by atoms with Crippen LogP contribution in [0.4, 0.5) is 16.2 Å². The van der Waals surface area contributed by atoms with E-state index in [2.05, 4.69) is 20.9 Å². The number of para-hydroxylation sites is 1. The van der Waals surface area contributed by atoms with Gasteiger partial charge in [0.15, 0.2) is 0 Å². The molecule has 3 amide bonds. The Labute approximate surface area is 234 Å². The third-order valence-corrected chi connectivity index (χ3v) is 6.46. The number of anilines is 2. The largest absolute Gasteiger partial charge is 0.495 e. The first-order valence-corrected chi connectivity index (χ1v) is 13.3. The van der Waals surface area contributed by atoms with Gasteiger partial charge in [-0.25, -0.2) is 9.78 Å². The van der Waals surface area contributed by atoms with Crippen molar-refractivity contribution in [3.05, 3.63) is 72.3 Å². The van der Waals surface area contributed by atoms with Crippen molar-refractivity contribution in [2.24, 2.45) is 0 Å². The zero-order chi connectivity index (χ0) is 28.9. The van der Waals surface area contributed by atoms with Crippen LogP contribution in [0.5, 0.6) is 5.75 Å². The lowest BCUT2D eigenvalue weighted by atomic mass is 10.0. The monoisotopic (exact) mass is 550 g/mol. The fourth-order valence-electron chi connectivity index (χ4n) is 4.25. The molecule has 1 atom stereocenters. The van der Waals surface area contributed by atoms with Gasteiger partial charge in [-0.3, -0.25) is 9.59 Å². The molecule has 1 heterocycles. The predicted molar refractivity (Wildman–Crippen MR) is 154 cm³/mol. The van der Waals surface area contributed by atoms with Crippen molar-refractivity contribution < 1.29 is 24.2 Å². The van der Waals surface area contributed by atoms with E-state index in [-0.39, 0.29) is 12.3 Å². The summed E-state index contributed by atoms with van der Waals surface area (Å²) in [7, 11) is 1.51. The molecule has 11 nitrogen and oxygen atoms in total. The van der Waals surface area contributed by atoms with Crippen molar-refractivity contribution in [1.82, 2.24) is 19.8 Å². The molecule has 3 rings (SSSR count). The van der Waals surface area contributed by atoms with Gasteiger partial charge in [-0.2, -0.15) is 0 Å². The summed E-state index contributed by atoms with van der Waals surface area (Å²) in [5, 5.41) is 18.0. The van der Waals surface area contributed by atoms with E-state index in [9.17, 15) is 19.5 Å². The van der Waals surface area contributed by atoms with E-state index in [0.29, 0.717) is 43.2 Å². The molecule has 0 radical (unpaired) electrons. The molecule has 0 aliphatic heterocycles. The van der Waals surface area contributed by atoms with E-state index >= 15 is 0 Å². The highest BCUT2D eigenvalue weighted by atomic mass is 16.5. The number of imidazole rings is 1. The smallest absolute Gasteiger partial charge is 0.323 e. The normalized spacial score (nSPS) is 11.6. The highest BCUT2D eigenvalue weighted by Crippen LogP contribution is 2.29. The van der Waals surface area contributed by atoms with Crippen molar-refractivity contribution in [1.29, 1.82) is 0 Å². The van der Waals surface area contributed by atoms with Gasteiger partial charge < -0.3 is 35.3 Å². The van der Waals surface area contributed by atoms with Crippen LogP contribution in [0.15, 0.2) is 61.2 Å². The minimum Gasteiger partial charge on any atom is -0.495 e. The summed E-state index contributed by atoms with van der Waals surface area (Å²) in [6, 6.07) is 12.0. The highest BCUT2D eigenvalue weighted by molar-refractivity contribution is 6.01. The Hall–Kier alpha value is -4.38. The molecule has 1 unspecified atom stereocenters. The van der Waals surface area contributed by atoms with Crippen LogP contribution in [0.1, 0.15) is 43.4 Å². The molecule has 1 aromatic heterocycles. The summed E-state index contributed by atoms with van der Waals surface area (Å²) >= 11 is 0. The van der Waals surface area contributed by atoms with Crippen LogP contribution in [0.3, 0.4) is 0 Å². The number of carboxylic acid groups (broad SMARTS) is 1. The maximum atomic E-state index is 12.7. The summed E-state index contributed by atoms with van der Waals surface area (Å²) in [4.78, 5) is 42.5. The fourth-order valence-corrected chi connectivity index (χ4v) is 4.25. The van der Waals surface area contributed by atoms with Crippen molar-refractivity contribution in [2.45, 2.75) is 45.7 Å². The second-order valence-electron chi connectivity index (χ2n) is 9.43. The molecule has 0 bridgehead atoms. The van der Waals surface area contributed by atoms with Gasteiger partial charge in [0.25, 0.3) is 0 Å². The number of aryl methyl sites for hydroxylation is 2. The van der Waals surface area contributed by atoms with Gasteiger partial charge in [0.05, 0.1) is 31.6 Å². The van der Waals surface area contributed by atoms with Crippen LogP contribution in [0.2, 0.25) is 0 Å². The average molecular weight is 551 g/mol. The number of carbonyl (C=O) groups is 3. The number of nitrogens with one attached hydrogen (secondary N) is 3. The van der Waals surface area contributed by atoms with E-state index in [0.717, 1.165) is 24.1 Å². The van der Waals surface area contributed by atoms with E-state index in [1.165, 1.54) is 7.11 Å². The number of hydrogen-bond donors (Lipinski definition) is 4. The first-order valence-electron chi connectivity index (χ1n) is 13.3. The molecule has 0 fully saturated rings. The Balaban J connectivity index is 1.76. The van der Waals surface area contributed by atoms with Crippen molar-refractivity contribution in [3.63, 3.8) is 0 Å². The second-order valence-corrected chi connectivity index (χ2v) is 9.43. The molecule has 0 aliphatic carbocycles. The number of benzene rings is 2. The molecule has 40 heavy (non-hydrogen) atoms. The Morgan fingerprint density at radius 1 is 1.10 bits per heavy atom. The lowest BCUT2D eigenvalue weighted by Gasteiger charge is -2.28. The number of carbonyl (C=O) groups excluding carboxylic acids is 2. The molecular formula is C29H38N6O5. The quantitative estimate of drug-likeness (QED) is 0.222. The van der Waals surface area contributed by atoms with Crippen molar-refractivity contribution in [3.8, 4) is 5.75 Å². The first kappa shape index (κ1) is 30.2. The number of nitrogens with zero attached hydrogens (tertiary/aromatic N) is 3. The first-order chi connectivity index (χ1) is 19.3. The number of aromatic nitrogens is 2. The summed E-state index contributed by atoms with van der Waals surface area (Å²) in [5.41, 5.74) is 2.89. The van der Waals surface area contributed by atoms with Crippen LogP contribution in [0.25, 0.3) is 0 Å². The SMILES string of the molecule is CCC(=O)NC(CN(CCCn1ccnc1)CCC(=O)O)c1ccc(NC(=O)Nc2ccccc2C)c(OC)c1. The third kappa shape index (κ3) is 9.42. The van der Waals surface area contributed by atoms with Crippen LogP contribution < -0.4 is 20.7 Å². The number of urea groups is 1. The van der Waals surface area contributed by atoms with Crippen LogP contribution in [0, 0.1) is 6.92 Å². The van der Waals surface area contributed by atoms with Gasteiger partial charge in [-0.05, 0) is 49.2 Å². The maximum absolute atomic E-state index is 12.7. The number of aliphatic carboxylic acids is 1. The second kappa shape index (κ2) is 15.3. The summed E-state index contributed by atoms with van der Waals surface area (Å²) < 4.78 is 7.55. The minimum absolute atomic E-state index is 0.0122. The molecule has 2 aromatic carbocycles. The van der Waals surface area contributed by atoms with Crippen LogP contribution in [-0.2, 0) is 16.1 Å². The summed E-state index contributed by atoms with van der Waals surface area (Å²) in [5.74, 6) is -0.569. The molecule has 3 aromatic rings. The van der Waals surface area contributed by atoms with E-state index < -0.39 is 18.0 Å². The van der Waals surface area contributed by atoms with Crippen molar-refractivity contribution in [2.75, 3.05) is 37.4 Å². The fraction of sp³-hybridized carbons (Fsp3) is 0.379. The number of hydrogen-bond acceptors (Lipinski definition) is 6. The van der Waals surface area contributed by atoms with Gasteiger partial charge >= 0.3 is 12.0 Å². The molecule has 0 aliphatic rings. The lowest BCUT2D eigenvalue weighted by Crippen LogP contribution is -2.39. The Bertz CT molecular complexity index is 1260.